The average Bonchev–Trinajstić information content (AvgIpc) is 2.39. The summed E-state index contributed by atoms with van der Waals surface area (Å²) in [6.07, 6.45) is 2.19. The third-order valence-corrected chi connectivity index (χ3v) is 3.39. The van der Waals surface area contributed by atoms with Gasteiger partial charge in [0.1, 0.15) is 5.75 Å². The quantitative estimate of drug-likeness (QED) is 0.893. The van der Waals surface area contributed by atoms with Crippen LogP contribution in [0.3, 0.4) is 0 Å². The summed E-state index contributed by atoms with van der Waals surface area (Å²) in [6, 6.07) is 6.21. The molecular weight excluding hydrogens is 236 g/mol. The van der Waals surface area contributed by atoms with Gasteiger partial charge in [-0.2, -0.15) is 0 Å². The third-order valence-electron chi connectivity index (χ3n) is 3.39. The summed E-state index contributed by atoms with van der Waals surface area (Å²) in [5, 5.41) is 2.93. The van der Waals surface area contributed by atoms with Gasteiger partial charge in [-0.15, -0.1) is 0 Å². The molecule has 1 aromatic rings. The van der Waals surface area contributed by atoms with Crippen LogP contribution >= 0.6 is 0 Å². The van der Waals surface area contributed by atoms with Crippen molar-refractivity contribution < 1.29 is 13.5 Å². The van der Waals surface area contributed by atoms with Crippen LogP contribution in [0.2, 0.25) is 0 Å². The highest BCUT2D eigenvalue weighted by molar-refractivity contribution is 5.29. The first-order chi connectivity index (χ1) is 8.62. The van der Waals surface area contributed by atoms with Gasteiger partial charge in [-0.25, -0.2) is 8.78 Å². The molecule has 1 fully saturated rings. The number of benzene rings is 1. The van der Waals surface area contributed by atoms with Crippen LogP contribution in [0.1, 0.15) is 24.8 Å². The molecule has 0 spiro atoms. The Kier molecular flexibility index (Phi) is 4.17. The summed E-state index contributed by atoms with van der Waals surface area (Å²) >= 11 is 0. The Balaban J connectivity index is 2.05. The normalized spacial score (nSPS) is 20.7. The highest BCUT2D eigenvalue weighted by Crippen LogP contribution is 2.29. The molecule has 1 aliphatic rings. The number of nitrogens with one attached hydrogen (secondary N) is 1. The number of hydrogen-bond acceptors (Lipinski definition) is 2. The Morgan fingerprint density at radius 2 is 2.22 bits per heavy atom. The van der Waals surface area contributed by atoms with Crippen molar-refractivity contribution in [1.82, 2.24) is 5.32 Å². The number of halogens is 2. The van der Waals surface area contributed by atoms with Crippen molar-refractivity contribution in [3.8, 4) is 5.75 Å². The van der Waals surface area contributed by atoms with Crippen molar-refractivity contribution in [2.75, 3.05) is 13.7 Å². The van der Waals surface area contributed by atoms with Gasteiger partial charge in [0.2, 0.25) is 0 Å². The second kappa shape index (κ2) is 5.65. The summed E-state index contributed by atoms with van der Waals surface area (Å²) in [4.78, 5) is 0. The molecular formula is C14H19F2NO. The first-order valence-electron chi connectivity index (χ1n) is 6.36. The standard InChI is InChI=1S/C14H19F2NO/c1-18-12-6-4-5-11(9-12)10-14(15,16)13-7-2-3-8-17-13/h4-6,9,13,17H,2-3,7-8,10H2,1H3. The summed E-state index contributed by atoms with van der Waals surface area (Å²) in [6.45, 7) is 0.693. The smallest absolute Gasteiger partial charge is 0.267 e. The maximum Gasteiger partial charge on any atom is 0.267 e. The molecule has 1 atom stereocenters. The van der Waals surface area contributed by atoms with E-state index in [9.17, 15) is 8.78 Å². The average molecular weight is 255 g/mol. The number of alkyl halides is 2. The van der Waals surface area contributed by atoms with E-state index in [1.165, 1.54) is 0 Å². The molecule has 1 aliphatic heterocycles. The molecule has 18 heavy (non-hydrogen) atoms. The minimum Gasteiger partial charge on any atom is -0.497 e. The predicted molar refractivity (Wildman–Crippen MR) is 67.3 cm³/mol. The number of rotatable bonds is 4. The van der Waals surface area contributed by atoms with Crippen LogP contribution in [0.15, 0.2) is 24.3 Å². The molecule has 1 N–H and O–H groups in total. The SMILES string of the molecule is COc1cccc(CC(F)(F)C2CCCCN2)c1. The lowest BCUT2D eigenvalue weighted by Crippen LogP contribution is -2.48. The maximum absolute atomic E-state index is 14.1. The molecule has 1 heterocycles. The summed E-state index contributed by atoms with van der Waals surface area (Å²) in [5.74, 6) is -2.08. The molecule has 1 aromatic carbocycles. The Bertz CT molecular complexity index is 389. The summed E-state index contributed by atoms with van der Waals surface area (Å²) in [5.41, 5.74) is 0.617. The third kappa shape index (κ3) is 3.19. The number of piperidine rings is 1. The molecule has 0 amide bonds. The molecule has 4 heteroatoms. The fourth-order valence-electron chi connectivity index (χ4n) is 2.39. The van der Waals surface area contributed by atoms with Crippen LogP contribution in [-0.2, 0) is 6.42 Å². The van der Waals surface area contributed by atoms with Crippen LogP contribution < -0.4 is 10.1 Å². The number of ether oxygens (including phenoxy) is 1. The molecule has 1 saturated heterocycles. The molecule has 0 saturated carbocycles. The number of hydrogen-bond donors (Lipinski definition) is 1. The zero-order valence-electron chi connectivity index (χ0n) is 10.6. The fourth-order valence-corrected chi connectivity index (χ4v) is 2.39. The molecule has 2 nitrogen and oxygen atoms in total. The van der Waals surface area contributed by atoms with Crippen molar-refractivity contribution in [3.63, 3.8) is 0 Å². The molecule has 0 aliphatic carbocycles. The lowest BCUT2D eigenvalue weighted by molar-refractivity contribution is -0.0441. The topological polar surface area (TPSA) is 21.3 Å². The largest absolute Gasteiger partial charge is 0.497 e. The molecule has 0 radical (unpaired) electrons. The van der Waals surface area contributed by atoms with E-state index in [2.05, 4.69) is 5.32 Å². The van der Waals surface area contributed by atoms with E-state index in [1.54, 1.807) is 31.4 Å². The molecule has 2 rings (SSSR count). The van der Waals surface area contributed by atoms with Crippen LogP contribution in [0, 0.1) is 0 Å². The van der Waals surface area contributed by atoms with Gasteiger partial charge >= 0.3 is 0 Å². The Hall–Kier alpha value is -1.16. The summed E-state index contributed by atoms with van der Waals surface area (Å²) in [7, 11) is 1.54. The Labute approximate surface area is 106 Å². The van der Waals surface area contributed by atoms with Crippen LogP contribution in [-0.4, -0.2) is 25.6 Å². The van der Waals surface area contributed by atoms with E-state index in [0.717, 1.165) is 12.8 Å². The van der Waals surface area contributed by atoms with Crippen molar-refractivity contribution in [1.29, 1.82) is 0 Å². The zero-order valence-corrected chi connectivity index (χ0v) is 10.6. The van der Waals surface area contributed by atoms with E-state index in [-0.39, 0.29) is 6.42 Å². The van der Waals surface area contributed by atoms with Crippen LogP contribution in [0.5, 0.6) is 5.75 Å². The van der Waals surface area contributed by atoms with E-state index < -0.39 is 12.0 Å². The zero-order chi connectivity index (χ0) is 13.0. The van der Waals surface area contributed by atoms with Crippen LogP contribution in [0.4, 0.5) is 8.78 Å². The van der Waals surface area contributed by atoms with Crippen molar-refractivity contribution >= 4 is 0 Å². The van der Waals surface area contributed by atoms with E-state index in [4.69, 9.17) is 4.74 Å². The van der Waals surface area contributed by atoms with E-state index in [1.807, 2.05) is 0 Å². The maximum atomic E-state index is 14.1. The lowest BCUT2D eigenvalue weighted by atomic mass is 9.94. The first-order valence-corrected chi connectivity index (χ1v) is 6.36. The van der Waals surface area contributed by atoms with Gasteiger partial charge in [-0.05, 0) is 37.1 Å². The van der Waals surface area contributed by atoms with Crippen molar-refractivity contribution in [2.45, 2.75) is 37.6 Å². The van der Waals surface area contributed by atoms with Gasteiger partial charge in [-0.1, -0.05) is 18.6 Å². The molecule has 0 bridgehead atoms. The Morgan fingerprint density at radius 3 is 2.89 bits per heavy atom. The minimum absolute atomic E-state index is 0.234. The van der Waals surface area contributed by atoms with Crippen molar-refractivity contribution in [3.05, 3.63) is 29.8 Å². The first kappa shape index (κ1) is 13.3. The predicted octanol–water partition coefficient (Wildman–Crippen LogP) is 3.02. The van der Waals surface area contributed by atoms with E-state index in [0.29, 0.717) is 24.3 Å². The summed E-state index contributed by atoms with van der Waals surface area (Å²) < 4.78 is 33.3. The van der Waals surface area contributed by atoms with E-state index >= 15 is 0 Å². The number of methoxy groups -OCH3 is 1. The highest BCUT2D eigenvalue weighted by Gasteiger charge is 2.39. The second-order valence-electron chi connectivity index (χ2n) is 4.79. The monoisotopic (exact) mass is 255 g/mol. The lowest BCUT2D eigenvalue weighted by Gasteiger charge is -2.31. The van der Waals surface area contributed by atoms with Crippen molar-refractivity contribution in [2.24, 2.45) is 0 Å². The van der Waals surface area contributed by atoms with Crippen LogP contribution in [0.25, 0.3) is 0 Å². The van der Waals surface area contributed by atoms with Gasteiger partial charge < -0.3 is 10.1 Å². The van der Waals surface area contributed by atoms with Gasteiger partial charge in [0.15, 0.2) is 0 Å². The molecule has 100 valence electrons. The molecule has 0 aromatic heterocycles. The minimum atomic E-state index is -2.70. The highest BCUT2D eigenvalue weighted by atomic mass is 19.3. The van der Waals surface area contributed by atoms with Gasteiger partial charge in [0, 0.05) is 6.42 Å². The van der Waals surface area contributed by atoms with Gasteiger partial charge in [0.05, 0.1) is 13.2 Å². The Morgan fingerprint density at radius 1 is 1.39 bits per heavy atom. The molecule has 1 unspecified atom stereocenters. The van der Waals surface area contributed by atoms with Gasteiger partial charge in [-0.3, -0.25) is 0 Å². The fraction of sp³-hybridized carbons (Fsp3) is 0.571. The second-order valence-corrected chi connectivity index (χ2v) is 4.79. The van der Waals surface area contributed by atoms with Gasteiger partial charge in [0.25, 0.3) is 5.92 Å².